The first-order valence-corrected chi connectivity index (χ1v) is 7.82. The lowest BCUT2D eigenvalue weighted by Gasteiger charge is -2.24. The van der Waals surface area contributed by atoms with Crippen LogP contribution < -0.4 is 4.74 Å². The molecular weight excluding hydrogens is 262 g/mol. The normalized spacial score (nSPS) is 11.3. The van der Waals surface area contributed by atoms with Gasteiger partial charge in [0.25, 0.3) is 5.91 Å². The second-order valence-corrected chi connectivity index (χ2v) is 6.49. The van der Waals surface area contributed by atoms with E-state index in [1.807, 2.05) is 23.1 Å². The molecule has 0 saturated heterocycles. The van der Waals surface area contributed by atoms with Crippen LogP contribution in [0, 0.1) is 0 Å². The number of carbonyl (C=O) groups is 1. The highest BCUT2D eigenvalue weighted by Gasteiger charge is 2.20. The van der Waals surface area contributed by atoms with Gasteiger partial charge in [0, 0.05) is 18.7 Å². The Kier molecular flexibility index (Phi) is 6.25. The maximum atomic E-state index is 12.7. The Balaban J connectivity index is 3.18. The Labute approximate surface area is 129 Å². The summed E-state index contributed by atoms with van der Waals surface area (Å²) in [5.74, 6) is 0.849. The van der Waals surface area contributed by atoms with Gasteiger partial charge in [-0.1, -0.05) is 34.6 Å². The monoisotopic (exact) mass is 291 g/mol. The molecule has 0 aliphatic heterocycles. The molecule has 0 saturated carbocycles. The third kappa shape index (κ3) is 4.76. The number of benzene rings is 1. The van der Waals surface area contributed by atoms with E-state index in [1.165, 1.54) is 0 Å². The summed E-state index contributed by atoms with van der Waals surface area (Å²) < 4.78 is 5.37. The Bertz CT molecular complexity index is 469. The first-order valence-electron chi connectivity index (χ1n) is 7.82. The second-order valence-electron chi connectivity index (χ2n) is 6.49. The largest absolute Gasteiger partial charge is 0.497 e. The maximum absolute atomic E-state index is 12.7. The molecule has 0 aliphatic carbocycles. The third-order valence-corrected chi connectivity index (χ3v) is 3.53. The molecule has 0 fully saturated rings. The Morgan fingerprint density at radius 1 is 1.10 bits per heavy atom. The van der Waals surface area contributed by atoms with E-state index in [-0.39, 0.29) is 11.3 Å². The van der Waals surface area contributed by atoms with Crippen LogP contribution in [0.3, 0.4) is 0 Å². The molecule has 0 aromatic heterocycles. The molecular formula is C18H29NO2. The van der Waals surface area contributed by atoms with Gasteiger partial charge in [0.15, 0.2) is 0 Å². The summed E-state index contributed by atoms with van der Waals surface area (Å²) in [4.78, 5) is 14.7. The van der Waals surface area contributed by atoms with Crippen LogP contribution in [0.1, 0.15) is 63.4 Å². The van der Waals surface area contributed by atoms with E-state index < -0.39 is 0 Å². The maximum Gasteiger partial charge on any atom is 0.253 e. The molecule has 1 aromatic rings. The van der Waals surface area contributed by atoms with E-state index in [4.69, 9.17) is 4.74 Å². The number of nitrogens with zero attached hydrogens (tertiary/aromatic N) is 1. The molecule has 0 heterocycles. The van der Waals surface area contributed by atoms with Crippen LogP contribution in [0.4, 0.5) is 0 Å². The van der Waals surface area contributed by atoms with Crippen molar-refractivity contribution in [1.82, 2.24) is 4.90 Å². The predicted octanol–water partition coefficient (Wildman–Crippen LogP) is 4.25. The van der Waals surface area contributed by atoms with Gasteiger partial charge in [-0.05, 0) is 42.0 Å². The summed E-state index contributed by atoms with van der Waals surface area (Å²) in [6.07, 6.45) is 1.95. The zero-order chi connectivity index (χ0) is 16.0. The standard InChI is InChI=1S/C18H29NO2/c1-7-9-19(10-8-2)17(20)14-11-15(18(3,4)5)13-16(12-14)21-6/h11-13H,7-10H2,1-6H3. The summed E-state index contributed by atoms with van der Waals surface area (Å²) in [6, 6.07) is 5.86. The average molecular weight is 291 g/mol. The molecule has 0 unspecified atom stereocenters. The number of hydrogen-bond acceptors (Lipinski definition) is 2. The molecule has 1 amide bonds. The zero-order valence-electron chi connectivity index (χ0n) is 14.3. The molecule has 118 valence electrons. The van der Waals surface area contributed by atoms with Crippen molar-refractivity contribution in [2.75, 3.05) is 20.2 Å². The van der Waals surface area contributed by atoms with Crippen LogP contribution in [0.25, 0.3) is 0 Å². The molecule has 1 rings (SSSR count). The molecule has 0 aliphatic rings. The van der Waals surface area contributed by atoms with Crippen LogP contribution >= 0.6 is 0 Å². The van der Waals surface area contributed by atoms with Crippen molar-refractivity contribution in [1.29, 1.82) is 0 Å². The van der Waals surface area contributed by atoms with Crippen LogP contribution in [0.2, 0.25) is 0 Å². The minimum absolute atomic E-state index is 0.0100. The lowest BCUT2D eigenvalue weighted by atomic mass is 9.86. The first-order chi connectivity index (χ1) is 9.83. The molecule has 0 bridgehead atoms. The summed E-state index contributed by atoms with van der Waals surface area (Å²) in [5, 5.41) is 0. The SMILES string of the molecule is CCCN(CCC)C(=O)c1cc(OC)cc(C(C)(C)C)c1. The summed E-state index contributed by atoms with van der Waals surface area (Å²) in [7, 11) is 1.64. The lowest BCUT2D eigenvalue weighted by molar-refractivity contribution is 0.0755. The van der Waals surface area contributed by atoms with Crippen molar-refractivity contribution in [3.05, 3.63) is 29.3 Å². The molecule has 21 heavy (non-hydrogen) atoms. The quantitative estimate of drug-likeness (QED) is 0.784. The van der Waals surface area contributed by atoms with Gasteiger partial charge in [-0.2, -0.15) is 0 Å². The summed E-state index contributed by atoms with van der Waals surface area (Å²) in [5.41, 5.74) is 1.84. The van der Waals surface area contributed by atoms with Crippen molar-refractivity contribution in [3.8, 4) is 5.75 Å². The van der Waals surface area contributed by atoms with Crippen molar-refractivity contribution in [3.63, 3.8) is 0 Å². The second kappa shape index (κ2) is 7.48. The van der Waals surface area contributed by atoms with E-state index in [0.29, 0.717) is 0 Å². The minimum atomic E-state index is -0.0100. The highest BCUT2D eigenvalue weighted by Crippen LogP contribution is 2.28. The summed E-state index contributed by atoms with van der Waals surface area (Å²) >= 11 is 0. The number of hydrogen-bond donors (Lipinski definition) is 0. The number of methoxy groups -OCH3 is 1. The number of ether oxygens (including phenoxy) is 1. The Morgan fingerprint density at radius 3 is 2.10 bits per heavy atom. The third-order valence-electron chi connectivity index (χ3n) is 3.53. The van der Waals surface area contributed by atoms with Gasteiger partial charge in [-0.15, -0.1) is 0 Å². The number of amides is 1. The number of carbonyl (C=O) groups excluding carboxylic acids is 1. The van der Waals surface area contributed by atoms with Crippen molar-refractivity contribution in [2.45, 2.75) is 52.9 Å². The van der Waals surface area contributed by atoms with Crippen LogP contribution in [-0.4, -0.2) is 31.0 Å². The fraction of sp³-hybridized carbons (Fsp3) is 0.611. The fourth-order valence-corrected chi connectivity index (χ4v) is 2.31. The Hall–Kier alpha value is -1.51. The molecule has 3 nitrogen and oxygen atoms in total. The van der Waals surface area contributed by atoms with Crippen LogP contribution in [-0.2, 0) is 5.41 Å². The highest BCUT2D eigenvalue weighted by molar-refractivity contribution is 5.95. The smallest absolute Gasteiger partial charge is 0.253 e. The van der Waals surface area contributed by atoms with Gasteiger partial charge in [0.1, 0.15) is 5.75 Å². The average Bonchev–Trinajstić information content (AvgIpc) is 2.44. The molecule has 0 N–H and O–H groups in total. The van der Waals surface area contributed by atoms with Gasteiger partial charge in [-0.3, -0.25) is 4.79 Å². The fourth-order valence-electron chi connectivity index (χ4n) is 2.31. The molecule has 0 radical (unpaired) electrons. The van der Waals surface area contributed by atoms with Crippen LogP contribution in [0.15, 0.2) is 18.2 Å². The van der Waals surface area contributed by atoms with Gasteiger partial charge in [0.05, 0.1) is 7.11 Å². The van der Waals surface area contributed by atoms with Gasteiger partial charge in [0.2, 0.25) is 0 Å². The van der Waals surface area contributed by atoms with Crippen LogP contribution in [0.5, 0.6) is 5.75 Å². The molecule has 0 atom stereocenters. The minimum Gasteiger partial charge on any atom is -0.497 e. The van der Waals surface area contributed by atoms with E-state index in [1.54, 1.807) is 7.11 Å². The summed E-state index contributed by atoms with van der Waals surface area (Å²) in [6.45, 7) is 12.2. The first kappa shape index (κ1) is 17.5. The number of rotatable bonds is 6. The highest BCUT2D eigenvalue weighted by atomic mass is 16.5. The van der Waals surface area contributed by atoms with Gasteiger partial charge >= 0.3 is 0 Å². The Morgan fingerprint density at radius 2 is 1.67 bits per heavy atom. The van der Waals surface area contributed by atoms with Gasteiger partial charge < -0.3 is 9.64 Å². The van der Waals surface area contributed by atoms with E-state index in [9.17, 15) is 4.79 Å². The molecule has 3 heteroatoms. The van der Waals surface area contributed by atoms with Crippen molar-refractivity contribution >= 4 is 5.91 Å². The molecule has 1 aromatic carbocycles. The van der Waals surface area contributed by atoms with E-state index >= 15 is 0 Å². The van der Waals surface area contributed by atoms with E-state index in [0.717, 1.165) is 42.8 Å². The van der Waals surface area contributed by atoms with Crippen molar-refractivity contribution < 1.29 is 9.53 Å². The van der Waals surface area contributed by atoms with Crippen molar-refractivity contribution in [2.24, 2.45) is 0 Å². The zero-order valence-corrected chi connectivity index (χ0v) is 14.3. The lowest BCUT2D eigenvalue weighted by Crippen LogP contribution is -2.32. The predicted molar refractivity (Wildman–Crippen MR) is 88.2 cm³/mol. The molecule has 0 spiro atoms. The van der Waals surface area contributed by atoms with E-state index in [2.05, 4.69) is 34.6 Å². The topological polar surface area (TPSA) is 29.5 Å². The van der Waals surface area contributed by atoms with Gasteiger partial charge in [-0.25, -0.2) is 0 Å².